The zero-order chi connectivity index (χ0) is 20.4. The number of methoxy groups -OCH3 is 2. The number of amides is 1. The van der Waals surface area contributed by atoms with Crippen LogP contribution in [0.2, 0.25) is 0 Å². The van der Waals surface area contributed by atoms with Crippen molar-refractivity contribution >= 4 is 5.91 Å². The van der Waals surface area contributed by atoms with E-state index in [2.05, 4.69) is 42.3 Å². The predicted molar refractivity (Wildman–Crippen MR) is 113 cm³/mol. The second-order valence-corrected chi connectivity index (χ2v) is 6.73. The zero-order valence-electron chi connectivity index (χ0n) is 17.5. The summed E-state index contributed by atoms with van der Waals surface area (Å²) < 4.78 is 10.6. The molecule has 0 aliphatic carbocycles. The van der Waals surface area contributed by atoms with E-state index in [1.54, 1.807) is 14.2 Å². The summed E-state index contributed by atoms with van der Waals surface area (Å²) in [6, 6.07) is 14.0. The van der Waals surface area contributed by atoms with E-state index in [4.69, 9.17) is 9.47 Å². The van der Waals surface area contributed by atoms with Crippen LogP contribution in [0, 0.1) is 0 Å². The summed E-state index contributed by atoms with van der Waals surface area (Å²) >= 11 is 0. The number of aryl methyl sites for hydroxylation is 1. The van der Waals surface area contributed by atoms with Crippen LogP contribution in [0.1, 0.15) is 37.0 Å². The minimum atomic E-state index is 0.0411. The second kappa shape index (κ2) is 11.3. The van der Waals surface area contributed by atoms with Crippen molar-refractivity contribution < 1.29 is 14.3 Å². The first-order valence-electron chi connectivity index (χ1n) is 9.87. The highest BCUT2D eigenvalue weighted by Gasteiger charge is 2.09. The number of carbonyl (C=O) groups is 1. The van der Waals surface area contributed by atoms with Gasteiger partial charge < -0.3 is 14.8 Å². The second-order valence-electron chi connectivity index (χ2n) is 6.73. The van der Waals surface area contributed by atoms with Gasteiger partial charge in [0.2, 0.25) is 5.91 Å². The summed E-state index contributed by atoms with van der Waals surface area (Å²) in [4.78, 5) is 14.7. The van der Waals surface area contributed by atoms with Crippen LogP contribution in [0.4, 0.5) is 0 Å². The molecule has 2 rings (SSSR count). The lowest BCUT2D eigenvalue weighted by atomic mass is 10.1. The van der Waals surface area contributed by atoms with Gasteiger partial charge in [-0.25, -0.2) is 0 Å². The van der Waals surface area contributed by atoms with Crippen molar-refractivity contribution in [3.63, 3.8) is 0 Å². The van der Waals surface area contributed by atoms with E-state index in [0.29, 0.717) is 19.4 Å². The molecule has 0 radical (unpaired) electrons. The van der Waals surface area contributed by atoms with Gasteiger partial charge >= 0.3 is 0 Å². The molecular formula is C23H32N2O3. The summed E-state index contributed by atoms with van der Waals surface area (Å²) in [5.41, 5.74) is 3.46. The largest absolute Gasteiger partial charge is 0.497 e. The fraction of sp³-hybridized carbons (Fsp3) is 0.435. The van der Waals surface area contributed by atoms with E-state index < -0.39 is 0 Å². The maximum absolute atomic E-state index is 12.4. The zero-order valence-corrected chi connectivity index (χ0v) is 17.5. The lowest BCUT2D eigenvalue weighted by Gasteiger charge is -2.20. The van der Waals surface area contributed by atoms with Crippen molar-refractivity contribution in [1.29, 1.82) is 0 Å². The average Bonchev–Trinajstić information content (AvgIpc) is 2.74. The Balaban J connectivity index is 1.91. The maximum atomic E-state index is 12.4. The molecule has 0 fully saturated rings. The van der Waals surface area contributed by atoms with Gasteiger partial charge in [0.15, 0.2) is 0 Å². The fourth-order valence-electron chi connectivity index (χ4n) is 3.12. The summed E-state index contributed by atoms with van der Waals surface area (Å²) in [5, 5.41) is 3.06. The molecule has 0 aliphatic heterocycles. The van der Waals surface area contributed by atoms with Crippen LogP contribution in [0.15, 0.2) is 42.5 Å². The minimum absolute atomic E-state index is 0.0411. The number of carbonyl (C=O) groups excluding carboxylic acids is 1. The van der Waals surface area contributed by atoms with Gasteiger partial charge in [-0.05, 0) is 48.3 Å². The molecule has 0 saturated heterocycles. The Labute approximate surface area is 168 Å². The van der Waals surface area contributed by atoms with Gasteiger partial charge in [0.05, 0.1) is 14.2 Å². The highest BCUT2D eigenvalue weighted by molar-refractivity contribution is 5.76. The Morgan fingerprint density at radius 3 is 2.14 bits per heavy atom. The van der Waals surface area contributed by atoms with Crippen LogP contribution >= 0.6 is 0 Å². The Kier molecular flexibility index (Phi) is 8.82. The summed E-state index contributed by atoms with van der Waals surface area (Å²) in [6.45, 7) is 7.83. The Morgan fingerprint density at radius 1 is 0.964 bits per heavy atom. The third-order valence-electron chi connectivity index (χ3n) is 4.93. The van der Waals surface area contributed by atoms with E-state index in [1.165, 1.54) is 11.1 Å². The molecule has 0 bridgehead atoms. The van der Waals surface area contributed by atoms with E-state index >= 15 is 0 Å². The molecule has 152 valence electrons. The van der Waals surface area contributed by atoms with Crippen molar-refractivity contribution in [2.75, 3.05) is 27.3 Å². The van der Waals surface area contributed by atoms with Crippen LogP contribution in [0.3, 0.4) is 0 Å². The van der Waals surface area contributed by atoms with E-state index in [1.807, 2.05) is 24.3 Å². The van der Waals surface area contributed by atoms with Crippen LogP contribution in [-0.2, 0) is 24.3 Å². The normalized spacial score (nSPS) is 10.8. The maximum Gasteiger partial charge on any atom is 0.220 e. The minimum Gasteiger partial charge on any atom is -0.497 e. The van der Waals surface area contributed by atoms with Gasteiger partial charge in [-0.2, -0.15) is 0 Å². The standard InChI is InChI=1S/C23H32N2O3/c1-5-25(6-2)17-20-10-8-7-9-19(20)16-24-23(26)12-11-18-13-21(27-3)15-22(14-18)28-4/h7-10,13-15H,5-6,11-12,16-17H2,1-4H3,(H,24,26). The molecular weight excluding hydrogens is 352 g/mol. The van der Waals surface area contributed by atoms with Crippen molar-refractivity contribution in [2.24, 2.45) is 0 Å². The third-order valence-corrected chi connectivity index (χ3v) is 4.93. The average molecular weight is 385 g/mol. The quantitative estimate of drug-likeness (QED) is 0.640. The lowest BCUT2D eigenvalue weighted by Crippen LogP contribution is -2.26. The molecule has 0 unspecified atom stereocenters. The molecule has 0 atom stereocenters. The molecule has 1 amide bonds. The Hall–Kier alpha value is -2.53. The van der Waals surface area contributed by atoms with Crippen molar-refractivity contribution in [3.8, 4) is 11.5 Å². The molecule has 0 aromatic heterocycles. The number of hydrogen-bond acceptors (Lipinski definition) is 4. The fourth-order valence-corrected chi connectivity index (χ4v) is 3.12. The Bertz CT molecular complexity index is 735. The first-order chi connectivity index (χ1) is 13.6. The highest BCUT2D eigenvalue weighted by atomic mass is 16.5. The number of rotatable bonds is 11. The molecule has 0 heterocycles. The number of hydrogen-bond donors (Lipinski definition) is 1. The van der Waals surface area contributed by atoms with Gasteiger partial charge in [-0.15, -0.1) is 0 Å². The number of ether oxygens (including phenoxy) is 2. The van der Waals surface area contributed by atoms with Crippen molar-refractivity contribution in [1.82, 2.24) is 10.2 Å². The molecule has 0 saturated carbocycles. The molecule has 2 aromatic carbocycles. The molecule has 5 nitrogen and oxygen atoms in total. The van der Waals surface area contributed by atoms with Gasteiger partial charge in [0, 0.05) is 25.6 Å². The van der Waals surface area contributed by atoms with Gasteiger partial charge in [0.1, 0.15) is 11.5 Å². The summed E-state index contributed by atoms with van der Waals surface area (Å²) in [5.74, 6) is 1.51. The first-order valence-corrected chi connectivity index (χ1v) is 9.87. The monoisotopic (exact) mass is 384 g/mol. The Morgan fingerprint density at radius 2 is 1.57 bits per heavy atom. The molecule has 1 N–H and O–H groups in total. The molecule has 0 spiro atoms. The molecule has 5 heteroatoms. The van der Waals surface area contributed by atoms with E-state index in [0.717, 1.165) is 36.7 Å². The number of nitrogens with zero attached hydrogens (tertiary/aromatic N) is 1. The van der Waals surface area contributed by atoms with E-state index in [-0.39, 0.29) is 5.91 Å². The number of benzene rings is 2. The topological polar surface area (TPSA) is 50.8 Å². The van der Waals surface area contributed by atoms with Gasteiger partial charge in [-0.1, -0.05) is 38.1 Å². The van der Waals surface area contributed by atoms with Crippen LogP contribution in [0.5, 0.6) is 11.5 Å². The van der Waals surface area contributed by atoms with Crippen LogP contribution in [-0.4, -0.2) is 38.1 Å². The van der Waals surface area contributed by atoms with Gasteiger partial charge in [-0.3, -0.25) is 9.69 Å². The van der Waals surface area contributed by atoms with Crippen molar-refractivity contribution in [2.45, 2.75) is 39.8 Å². The van der Waals surface area contributed by atoms with Crippen LogP contribution < -0.4 is 14.8 Å². The summed E-state index contributed by atoms with van der Waals surface area (Å²) in [7, 11) is 3.25. The van der Waals surface area contributed by atoms with Gasteiger partial charge in [0.25, 0.3) is 0 Å². The smallest absolute Gasteiger partial charge is 0.220 e. The molecule has 28 heavy (non-hydrogen) atoms. The lowest BCUT2D eigenvalue weighted by molar-refractivity contribution is -0.121. The highest BCUT2D eigenvalue weighted by Crippen LogP contribution is 2.23. The van der Waals surface area contributed by atoms with E-state index in [9.17, 15) is 4.79 Å². The summed E-state index contributed by atoms with van der Waals surface area (Å²) in [6.07, 6.45) is 1.06. The van der Waals surface area contributed by atoms with Crippen LogP contribution in [0.25, 0.3) is 0 Å². The van der Waals surface area contributed by atoms with Crippen molar-refractivity contribution in [3.05, 3.63) is 59.2 Å². The number of nitrogens with one attached hydrogen (secondary N) is 1. The SMILES string of the molecule is CCN(CC)Cc1ccccc1CNC(=O)CCc1cc(OC)cc(OC)c1. The molecule has 2 aromatic rings. The molecule has 0 aliphatic rings. The predicted octanol–water partition coefficient (Wildman–Crippen LogP) is 3.79. The first kappa shape index (κ1) is 21.8. The third kappa shape index (κ3) is 6.57.